The number of carbonyl (C=O) groups is 1. The number of aromatic amines is 1. The minimum absolute atomic E-state index is 0.0828. The topological polar surface area (TPSA) is 117 Å². The van der Waals surface area contributed by atoms with Crippen LogP contribution in [0.1, 0.15) is 17.3 Å². The first kappa shape index (κ1) is 17.1. The summed E-state index contributed by atoms with van der Waals surface area (Å²) in [5.41, 5.74) is -0.610. The number of hydrogen-bond donors (Lipinski definition) is 1. The summed E-state index contributed by atoms with van der Waals surface area (Å²) < 4.78 is 6.18. The van der Waals surface area contributed by atoms with E-state index < -0.39 is 11.2 Å². The fourth-order valence-corrected chi connectivity index (χ4v) is 2.74. The van der Waals surface area contributed by atoms with E-state index in [0.29, 0.717) is 50.0 Å². The molecule has 1 N–H and O–H groups in total. The fraction of sp³-hybridized carbons (Fsp3) is 0.533. The van der Waals surface area contributed by atoms with Crippen molar-refractivity contribution >= 4 is 5.91 Å². The quantitative estimate of drug-likeness (QED) is 0.744. The fourth-order valence-electron chi connectivity index (χ4n) is 2.74. The van der Waals surface area contributed by atoms with Gasteiger partial charge in [0.25, 0.3) is 5.56 Å². The lowest BCUT2D eigenvalue weighted by Crippen LogP contribution is -2.50. The summed E-state index contributed by atoms with van der Waals surface area (Å²) in [5, 5.41) is 3.87. The molecule has 0 saturated carbocycles. The summed E-state index contributed by atoms with van der Waals surface area (Å²) in [5.74, 6) is 1.02. The number of H-pyrrole nitrogens is 1. The van der Waals surface area contributed by atoms with Crippen LogP contribution in [0.2, 0.25) is 0 Å². The lowest BCUT2D eigenvalue weighted by atomic mass is 10.3. The molecular weight excluding hydrogens is 328 g/mol. The third-order valence-electron chi connectivity index (χ3n) is 4.15. The number of amides is 1. The number of carbonyl (C=O) groups excluding carboxylic acids is 1. The molecule has 0 unspecified atom stereocenters. The molecular formula is C15H20N6O4. The lowest BCUT2D eigenvalue weighted by Gasteiger charge is -2.34. The Labute approximate surface area is 143 Å². The summed E-state index contributed by atoms with van der Waals surface area (Å²) in [4.78, 5) is 45.8. The molecule has 1 fully saturated rings. The smallest absolute Gasteiger partial charge is 0.328 e. The summed E-state index contributed by atoms with van der Waals surface area (Å²) in [6.07, 6.45) is 1.41. The second-order valence-electron chi connectivity index (χ2n) is 6.09. The molecule has 134 valence electrons. The van der Waals surface area contributed by atoms with Crippen LogP contribution in [-0.2, 0) is 17.9 Å². The molecule has 2 aromatic heterocycles. The first-order valence-electron chi connectivity index (χ1n) is 8.02. The minimum Gasteiger partial charge on any atom is -0.340 e. The number of nitrogens with zero attached hydrogens (tertiary/aromatic N) is 5. The molecule has 0 aromatic carbocycles. The highest BCUT2D eigenvalue weighted by molar-refractivity contribution is 5.76. The van der Waals surface area contributed by atoms with E-state index >= 15 is 0 Å². The molecule has 1 aliphatic heterocycles. The zero-order valence-corrected chi connectivity index (χ0v) is 14.2. The molecule has 3 heterocycles. The summed E-state index contributed by atoms with van der Waals surface area (Å²) in [7, 11) is 0. The van der Waals surface area contributed by atoms with Crippen molar-refractivity contribution in [3.63, 3.8) is 0 Å². The van der Waals surface area contributed by atoms with Gasteiger partial charge in [-0.2, -0.15) is 4.98 Å². The molecule has 0 atom stereocenters. The Balaban J connectivity index is 1.56. The molecule has 0 radical (unpaired) electrons. The molecule has 10 heteroatoms. The van der Waals surface area contributed by atoms with Crippen LogP contribution in [0.25, 0.3) is 0 Å². The molecule has 1 saturated heterocycles. The Morgan fingerprint density at radius 1 is 1.24 bits per heavy atom. The Hall–Kier alpha value is -2.75. The zero-order valence-electron chi connectivity index (χ0n) is 14.2. The van der Waals surface area contributed by atoms with Crippen LogP contribution in [0.3, 0.4) is 0 Å². The first-order valence-corrected chi connectivity index (χ1v) is 8.02. The maximum Gasteiger partial charge on any atom is 0.328 e. The highest BCUT2D eigenvalue weighted by Gasteiger charge is 2.22. The van der Waals surface area contributed by atoms with Gasteiger partial charge >= 0.3 is 5.69 Å². The predicted octanol–water partition coefficient (Wildman–Crippen LogP) is -1.12. The monoisotopic (exact) mass is 348 g/mol. The van der Waals surface area contributed by atoms with Crippen LogP contribution >= 0.6 is 0 Å². The number of aryl methyl sites for hydroxylation is 2. The zero-order chi connectivity index (χ0) is 18.0. The predicted molar refractivity (Wildman–Crippen MR) is 87.0 cm³/mol. The Kier molecular flexibility index (Phi) is 4.79. The second-order valence-corrected chi connectivity index (χ2v) is 6.09. The Morgan fingerprint density at radius 2 is 1.96 bits per heavy atom. The van der Waals surface area contributed by atoms with Crippen molar-refractivity contribution in [1.82, 2.24) is 29.5 Å². The van der Waals surface area contributed by atoms with Gasteiger partial charge in [-0.3, -0.25) is 24.0 Å². The standard InChI is InChI=1S/C15H20N6O4/c1-10-7-21(15(24)17-14(10)23)9-13(22)20-5-3-19(4-6-20)8-12-16-11(2)25-18-12/h7H,3-6,8-9H2,1-2H3,(H,17,23,24). The van der Waals surface area contributed by atoms with E-state index in [4.69, 9.17) is 4.52 Å². The van der Waals surface area contributed by atoms with Crippen molar-refractivity contribution < 1.29 is 9.32 Å². The Morgan fingerprint density at radius 3 is 2.60 bits per heavy atom. The maximum absolute atomic E-state index is 12.4. The molecule has 2 aromatic rings. The van der Waals surface area contributed by atoms with Gasteiger partial charge in [-0.05, 0) is 6.92 Å². The molecule has 10 nitrogen and oxygen atoms in total. The molecule has 0 bridgehead atoms. The van der Waals surface area contributed by atoms with Crippen LogP contribution in [-0.4, -0.2) is 61.6 Å². The Bertz CT molecular complexity index is 875. The van der Waals surface area contributed by atoms with Gasteiger partial charge in [0.2, 0.25) is 11.8 Å². The van der Waals surface area contributed by atoms with Crippen LogP contribution < -0.4 is 11.2 Å². The van der Waals surface area contributed by atoms with Crippen molar-refractivity contribution in [3.8, 4) is 0 Å². The van der Waals surface area contributed by atoms with Gasteiger partial charge in [0.1, 0.15) is 6.54 Å². The van der Waals surface area contributed by atoms with Crippen molar-refractivity contribution in [1.29, 1.82) is 0 Å². The number of aromatic nitrogens is 4. The molecule has 3 rings (SSSR count). The van der Waals surface area contributed by atoms with Gasteiger partial charge in [-0.25, -0.2) is 4.79 Å². The lowest BCUT2D eigenvalue weighted by molar-refractivity contribution is -0.133. The van der Waals surface area contributed by atoms with E-state index in [-0.39, 0.29) is 12.5 Å². The average Bonchev–Trinajstić information content (AvgIpc) is 2.98. The van der Waals surface area contributed by atoms with E-state index in [1.807, 2.05) is 0 Å². The van der Waals surface area contributed by atoms with E-state index in [9.17, 15) is 14.4 Å². The average molecular weight is 348 g/mol. The molecule has 1 aliphatic rings. The molecule has 0 aliphatic carbocycles. The molecule has 0 spiro atoms. The largest absolute Gasteiger partial charge is 0.340 e. The second kappa shape index (κ2) is 7.01. The number of hydrogen-bond acceptors (Lipinski definition) is 7. The van der Waals surface area contributed by atoms with E-state index in [0.717, 1.165) is 0 Å². The molecule has 25 heavy (non-hydrogen) atoms. The van der Waals surface area contributed by atoms with Gasteiger partial charge in [0, 0.05) is 44.9 Å². The SMILES string of the molecule is Cc1nc(CN2CCN(C(=O)Cn3cc(C)c(=O)[nH]c3=O)CC2)no1. The third-order valence-corrected chi connectivity index (χ3v) is 4.15. The van der Waals surface area contributed by atoms with Gasteiger partial charge < -0.3 is 9.42 Å². The highest BCUT2D eigenvalue weighted by atomic mass is 16.5. The van der Waals surface area contributed by atoms with Crippen molar-refractivity contribution in [2.45, 2.75) is 26.9 Å². The highest BCUT2D eigenvalue weighted by Crippen LogP contribution is 2.07. The van der Waals surface area contributed by atoms with Gasteiger partial charge in [-0.1, -0.05) is 5.16 Å². The van der Waals surface area contributed by atoms with E-state index in [1.165, 1.54) is 10.8 Å². The number of piperazine rings is 1. The normalized spacial score (nSPS) is 15.5. The minimum atomic E-state index is -0.574. The van der Waals surface area contributed by atoms with Crippen LogP contribution in [0.4, 0.5) is 0 Å². The number of rotatable bonds is 4. The van der Waals surface area contributed by atoms with Crippen LogP contribution in [0.5, 0.6) is 0 Å². The summed E-state index contributed by atoms with van der Waals surface area (Å²) in [6, 6.07) is 0. The van der Waals surface area contributed by atoms with Crippen molar-refractivity contribution in [2.24, 2.45) is 0 Å². The van der Waals surface area contributed by atoms with Crippen molar-refractivity contribution in [3.05, 3.63) is 44.3 Å². The van der Waals surface area contributed by atoms with Crippen LogP contribution in [0, 0.1) is 13.8 Å². The first-order chi connectivity index (χ1) is 11.9. The van der Waals surface area contributed by atoms with Gasteiger partial charge in [0.15, 0.2) is 5.82 Å². The van der Waals surface area contributed by atoms with E-state index in [2.05, 4.69) is 20.0 Å². The summed E-state index contributed by atoms with van der Waals surface area (Å²) in [6.45, 7) is 6.35. The van der Waals surface area contributed by atoms with Gasteiger partial charge in [-0.15, -0.1) is 0 Å². The third kappa shape index (κ3) is 4.02. The number of nitrogens with one attached hydrogen (secondary N) is 1. The van der Waals surface area contributed by atoms with E-state index in [1.54, 1.807) is 18.7 Å². The maximum atomic E-state index is 12.4. The van der Waals surface area contributed by atoms with Gasteiger partial charge in [0.05, 0.1) is 6.54 Å². The van der Waals surface area contributed by atoms with Crippen LogP contribution in [0.15, 0.2) is 20.3 Å². The molecule has 1 amide bonds. The summed E-state index contributed by atoms with van der Waals surface area (Å²) >= 11 is 0. The van der Waals surface area contributed by atoms with Crippen molar-refractivity contribution in [2.75, 3.05) is 26.2 Å².